The van der Waals surface area contributed by atoms with Gasteiger partial charge < -0.3 is 5.32 Å². The molecule has 0 spiro atoms. The van der Waals surface area contributed by atoms with E-state index in [1.807, 2.05) is 31.2 Å². The number of nitrogens with one attached hydrogen (secondary N) is 1. The van der Waals surface area contributed by atoms with Crippen LogP contribution in [0.2, 0.25) is 0 Å². The molecular weight excluding hydrogens is 311 g/mol. The normalized spacial score (nSPS) is 11.9. The summed E-state index contributed by atoms with van der Waals surface area (Å²) in [4.78, 5) is 15.4. The second-order valence-electron chi connectivity index (χ2n) is 4.08. The second-order valence-corrected chi connectivity index (χ2v) is 4.94. The molecule has 0 saturated heterocycles. The van der Waals surface area contributed by atoms with Crippen LogP contribution in [0.15, 0.2) is 47.1 Å². The van der Waals surface area contributed by atoms with Crippen molar-refractivity contribution in [2.24, 2.45) is 0 Å². The Bertz CT molecular complexity index is 604. The molecule has 1 unspecified atom stereocenters. The summed E-state index contributed by atoms with van der Waals surface area (Å²) < 4.78 is 13.9. The van der Waals surface area contributed by atoms with Gasteiger partial charge in [-0.25, -0.2) is 4.98 Å². The van der Waals surface area contributed by atoms with Gasteiger partial charge in [0.1, 0.15) is 0 Å². The van der Waals surface area contributed by atoms with Crippen LogP contribution >= 0.6 is 15.9 Å². The third kappa shape index (κ3) is 3.38. The Morgan fingerprint density at radius 3 is 2.79 bits per heavy atom. The molecule has 19 heavy (non-hydrogen) atoms. The third-order valence-electron chi connectivity index (χ3n) is 2.71. The molecule has 0 saturated carbocycles. The monoisotopic (exact) mass is 322 g/mol. The summed E-state index contributed by atoms with van der Waals surface area (Å²) >= 11 is 3.43. The molecule has 0 bridgehead atoms. The minimum Gasteiger partial charge on any atom is -0.345 e. The van der Waals surface area contributed by atoms with Crippen LogP contribution in [0.1, 0.15) is 28.9 Å². The Kier molecular flexibility index (Phi) is 4.27. The van der Waals surface area contributed by atoms with Gasteiger partial charge in [-0.15, -0.1) is 0 Å². The molecule has 1 heterocycles. The maximum Gasteiger partial charge on any atom is 0.251 e. The zero-order valence-corrected chi connectivity index (χ0v) is 11.8. The molecule has 5 heteroatoms. The van der Waals surface area contributed by atoms with Gasteiger partial charge in [0, 0.05) is 22.3 Å². The number of carbonyl (C=O) groups is 1. The number of rotatable bonds is 3. The van der Waals surface area contributed by atoms with Crippen molar-refractivity contribution in [1.82, 2.24) is 10.3 Å². The molecule has 1 amide bonds. The number of aromatic nitrogens is 1. The van der Waals surface area contributed by atoms with Gasteiger partial charge in [-0.2, -0.15) is 4.39 Å². The molecule has 0 radical (unpaired) electrons. The van der Waals surface area contributed by atoms with E-state index in [2.05, 4.69) is 26.2 Å². The highest BCUT2D eigenvalue weighted by Gasteiger charge is 2.13. The molecule has 0 aliphatic heterocycles. The lowest BCUT2D eigenvalue weighted by molar-refractivity contribution is 0.0939. The fraction of sp³-hybridized carbons (Fsp3) is 0.143. The predicted octanol–water partition coefficient (Wildman–Crippen LogP) is 3.47. The first-order valence-electron chi connectivity index (χ1n) is 5.75. The Balaban J connectivity index is 2.13. The summed E-state index contributed by atoms with van der Waals surface area (Å²) in [6.45, 7) is 1.87. The molecular formula is C14H12BrFN2O. The highest BCUT2D eigenvalue weighted by molar-refractivity contribution is 9.10. The molecule has 2 aromatic rings. The van der Waals surface area contributed by atoms with Gasteiger partial charge in [0.25, 0.3) is 5.91 Å². The lowest BCUT2D eigenvalue weighted by Gasteiger charge is -2.15. The number of nitrogens with zero attached hydrogens (tertiary/aromatic N) is 1. The molecule has 2 rings (SSSR count). The second kappa shape index (κ2) is 5.93. The molecule has 1 aromatic heterocycles. The number of hydrogen-bond donors (Lipinski definition) is 1. The van der Waals surface area contributed by atoms with Crippen molar-refractivity contribution < 1.29 is 9.18 Å². The van der Waals surface area contributed by atoms with E-state index in [0.29, 0.717) is 0 Å². The standard InChI is InChI=1S/C14H12BrFN2O/c1-9(11-4-2-3-5-12(11)15)18-14(19)10-6-7-17-13(16)8-10/h2-9H,1H3,(H,18,19). The average molecular weight is 323 g/mol. The quantitative estimate of drug-likeness (QED) is 0.879. The topological polar surface area (TPSA) is 42.0 Å². The predicted molar refractivity (Wildman–Crippen MR) is 74.2 cm³/mol. The SMILES string of the molecule is CC(NC(=O)c1ccnc(F)c1)c1ccccc1Br. The molecule has 1 aromatic carbocycles. The molecule has 3 nitrogen and oxygen atoms in total. The first-order chi connectivity index (χ1) is 9.08. The van der Waals surface area contributed by atoms with Gasteiger partial charge >= 0.3 is 0 Å². The van der Waals surface area contributed by atoms with Gasteiger partial charge in [0.2, 0.25) is 5.95 Å². The van der Waals surface area contributed by atoms with Gasteiger partial charge in [0.05, 0.1) is 6.04 Å². The minimum absolute atomic E-state index is 0.181. The fourth-order valence-corrected chi connectivity index (χ4v) is 2.36. The van der Waals surface area contributed by atoms with Crippen LogP contribution in [-0.4, -0.2) is 10.9 Å². The summed E-state index contributed by atoms with van der Waals surface area (Å²) in [7, 11) is 0. The maximum absolute atomic E-state index is 13.0. The van der Waals surface area contributed by atoms with E-state index in [1.165, 1.54) is 12.3 Å². The van der Waals surface area contributed by atoms with Crippen LogP contribution < -0.4 is 5.32 Å². The zero-order chi connectivity index (χ0) is 13.8. The Morgan fingerprint density at radius 2 is 2.11 bits per heavy atom. The first-order valence-corrected chi connectivity index (χ1v) is 6.54. The smallest absolute Gasteiger partial charge is 0.251 e. The summed E-state index contributed by atoms with van der Waals surface area (Å²) in [6, 6.07) is 10.0. The van der Waals surface area contributed by atoms with Gasteiger partial charge in [-0.05, 0) is 24.6 Å². The van der Waals surface area contributed by atoms with Crippen LogP contribution in [0.3, 0.4) is 0 Å². The van der Waals surface area contributed by atoms with Gasteiger partial charge in [0.15, 0.2) is 0 Å². The van der Waals surface area contributed by atoms with E-state index < -0.39 is 5.95 Å². The van der Waals surface area contributed by atoms with Crippen LogP contribution in [0, 0.1) is 5.95 Å². The number of halogens is 2. The average Bonchev–Trinajstić information content (AvgIpc) is 2.39. The lowest BCUT2D eigenvalue weighted by Crippen LogP contribution is -2.27. The van der Waals surface area contributed by atoms with E-state index in [-0.39, 0.29) is 17.5 Å². The zero-order valence-electron chi connectivity index (χ0n) is 10.2. The number of carbonyl (C=O) groups excluding carboxylic acids is 1. The van der Waals surface area contributed by atoms with E-state index in [4.69, 9.17) is 0 Å². The van der Waals surface area contributed by atoms with Crippen LogP contribution in [0.5, 0.6) is 0 Å². The largest absolute Gasteiger partial charge is 0.345 e. The number of hydrogen-bond acceptors (Lipinski definition) is 2. The highest BCUT2D eigenvalue weighted by atomic mass is 79.9. The van der Waals surface area contributed by atoms with E-state index >= 15 is 0 Å². The minimum atomic E-state index is -0.666. The van der Waals surface area contributed by atoms with Crippen molar-refractivity contribution in [3.63, 3.8) is 0 Å². The molecule has 0 fully saturated rings. The number of pyridine rings is 1. The Labute approximate surface area is 119 Å². The summed E-state index contributed by atoms with van der Waals surface area (Å²) in [5, 5.41) is 2.82. The van der Waals surface area contributed by atoms with E-state index in [9.17, 15) is 9.18 Å². The van der Waals surface area contributed by atoms with Crippen LogP contribution in [0.4, 0.5) is 4.39 Å². The van der Waals surface area contributed by atoms with Crippen molar-refractivity contribution in [3.05, 3.63) is 64.1 Å². The molecule has 1 atom stereocenters. The van der Waals surface area contributed by atoms with Crippen molar-refractivity contribution in [2.45, 2.75) is 13.0 Å². The highest BCUT2D eigenvalue weighted by Crippen LogP contribution is 2.22. The van der Waals surface area contributed by atoms with Crippen molar-refractivity contribution >= 4 is 21.8 Å². The third-order valence-corrected chi connectivity index (χ3v) is 3.43. The summed E-state index contributed by atoms with van der Waals surface area (Å²) in [5.74, 6) is -0.995. The Hall–Kier alpha value is -1.75. The maximum atomic E-state index is 13.0. The summed E-state index contributed by atoms with van der Waals surface area (Å²) in [5.41, 5.74) is 1.22. The van der Waals surface area contributed by atoms with E-state index in [1.54, 1.807) is 0 Å². The van der Waals surface area contributed by atoms with Crippen molar-refractivity contribution in [2.75, 3.05) is 0 Å². The van der Waals surface area contributed by atoms with Crippen molar-refractivity contribution in [3.8, 4) is 0 Å². The van der Waals surface area contributed by atoms with Crippen molar-refractivity contribution in [1.29, 1.82) is 0 Å². The molecule has 0 aliphatic rings. The van der Waals surface area contributed by atoms with Gasteiger partial charge in [-0.1, -0.05) is 34.1 Å². The summed E-state index contributed by atoms with van der Waals surface area (Å²) in [6.07, 6.45) is 1.27. The Morgan fingerprint density at radius 1 is 1.37 bits per heavy atom. The lowest BCUT2D eigenvalue weighted by atomic mass is 10.1. The van der Waals surface area contributed by atoms with E-state index in [0.717, 1.165) is 16.1 Å². The number of benzene rings is 1. The molecule has 1 N–H and O–H groups in total. The van der Waals surface area contributed by atoms with Gasteiger partial charge in [-0.3, -0.25) is 4.79 Å². The van der Waals surface area contributed by atoms with Crippen LogP contribution in [-0.2, 0) is 0 Å². The first kappa shape index (κ1) is 13.7. The van der Waals surface area contributed by atoms with Crippen LogP contribution in [0.25, 0.3) is 0 Å². The number of amides is 1. The molecule has 98 valence electrons. The fourth-order valence-electron chi connectivity index (χ4n) is 1.73. The molecule has 0 aliphatic carbocycles.